The number of nitrogens with one attached hydrogen (secondary N) is 1. The van der Waals surface area contributed by atoms with E-state index in [1.807, 2.05) is 13.1 Å². The molecule has 0 saturated carbocycles. The standard InChI is InChI=1S/C10H16IN3O2/c1-8-9(11)7-14(13-8)5-3-10(15)12-4-6-16-2/h7H,3-6H2,1-2H3,(H,12,15). The number of aromatic nitrogens is 2. The van der Waals surface area contributed by atoms with E-state index in [2.05, 4.69) is 33.0 Å². The van der Waals surface area contributed by atoms with Gasteiger partial charge in [0.1, 0.15) is 0 Å². The van der Waals surface area contributed by atoms with Crippen molar-refractivity contribution >= 4 is 28.5 Å². The van der Waals surface area contributed by atoms with Crippen molar-refractivity contribution in [2.75, 3.05) is 20.3 Å². The van der Waals surface area contributed by atoms with Crippen LogP contribution in [0.25, 0.3) is 0 Å². The summed E-state index contributed by atoms with van der Waals surface area (Å²) in [6.45, 7) is 3.68. The third-order valence-electron chi connectivity index (χ3n) is 2.08. The summed E-state index contributed by atoms with van der Waals surface area (Å²) < 4.78 is 7.76. The molecule has 1 N–H and O–H groups in total. The molecule has 0 aliphatic carbocycles. The van der Waals surface area contributed by atoms with Crippen molar-refractivity contribution in [3.63, 3.8) is 0 Å². The van der Waals surface area contributed by atoms with Crippen LogP contribution < -0.4 is 5.32 Å². The smallest absolute Gasteiger partial charge is 0.221 e. The van der Waals surface area contributed by atoms with Crippen LogP contribution in [0.2, 0.25) is 0 Å². The molecule has 0 bridgehead atoms. The van der Waals surface area contributed by atoms with E-state index in [0.717, 1.165) is 9.26 Å². The Hall–Kier alpha value is -0.630. The quantitative estimate of drug-likeness (QED) is 0.621. The second-order valence-electron chi connectivity index (χ2n) is 3.42. The van der Waals surface area contributed by atoms with Crippen molar-refractivity contribution in [3.05, 3.63) is 15.5 Å². The first-order chi connectivity index (χ1) is 7.63. The fourth-order valence-corrected chi connectivity index (χ4v) is 1.63. The van der Waals surface area contributed by atoms with E-state index in [0.29, 0.717) is 26.1 Å². The van der Waals surface area contributed by atoms with Gasteiger partial charge in [-0.2, -0.15) is 5.10 Å². The molecule has 0 saturated heterocycles. The molecule has 6 heteroatoms. The number of rotatable bonds is 6. The number of halogens is 1. The summed E-state index contributed by atoms with van der Waals surface area (Å²) in [6.07, 6.45) is 2.39. The van der Waals surface area contributed by atoms with Crippen molar-refractivity contribution in [1.82, 2.24) is 15.1 Å². The van der Waals surface area contributed by atoms with Crippen LogP contribution in [-0.2, 0) is 16.1 Å². The highest BCUT2D eigenvalue weighted by Gasteiger charge is 2.04. The van der Waals surface area contributed by atoms with E-state index < -0.39 is 0 Å². The van der Waals surface area contributed by atoms with E-state index in [1.54, 1.807) is 11.8 Å². The molecule has 5 nitrogen and oxygen atoms in total. The van der Waals surface area contributed by atoms with E-state index >= 15 is 0 Å². The van der Waals surface area contributed by atoms with Gasteiger partial charge in [-0.05, 0) is 29.5 Å². The maximum Gasteiger partial charge on any atom is 0.221 e. The zero-order valence-corrected chi connectivity index (χ0v) is 11.7. The fourth-order valence-electron chi connectivity index (χ4n) is 1.21. The third-order valence-corrected chi connectivity index (χ3v) is 3.14. The molecule has 0 unspecified atom stereocenters. The highest BCUT2D eigenvalue weighted by atomic mass is 127. The van der Waals surface area contributed by atoms with Crippen molar-refractivity contribution in [2.45, 2.75) is 19.9 Å². The molecular weight excluding hydrogens is 321 g/mol. The Bertz CT molecular complexity index is 332. The molecule has 1 amide bonds. The number of hydrogen-bond acceptors (Lipinski definition) is 3. The molecule has 0 spiro atoms. The predicted octanol–water partition coefficient (Wildman–Crippen LogP) is 0.949. The Morgan fingerprint density at radius 1 is 1.69 bits per heavy atom. The minimum atomic E-state index is 0.0280. The molecule has 0 aromatic carbocycles. The lowest BCUT2D eigenvalue weighted by Crippen LogP contribution is -2.27. The van der Waals surface area contributed by atoms with Gasteiger partial charge in [0, 0.05) is 32.8 Å². The largest absolute Gasteiger partial charge is 0.383 e. The van der Waals surface area contributed by atoms with Gasteiger partial charge in [-0.3, -0.25) is 9.48 Å². The van der Waals surface area contributed by atoms with Crippen molar-refractivity contribution in [1.29, 1.82) is 0 Å². The van der Waals surface area contributed by atoms with Crippen molar-refractivity contribution in [2.24, 2.45) is 0 Å². The molecule has 1 heterocycles. The zero-order valence-electron chi connectivity index (χ0n) is 9.49. The molecule has 16 heavy (non-hydrogen) atoms. The molecule has 1 rings (SSSR count). The normalized spacial score (nSPS) is 10.4. The number of carbonyl (C=O) groups is 1. The highest BCUT2D eigenvalue weighted by molar-refractivity contribution is 14.1. The Morgan fingerprint density at radius 3 is 3.00 bits per heavy atom. The second kappa shape index (κ2) is 6.85. The van der Waals surface area contributed by atoms with Crippen molar-refractivity contribution < 1.29 is 9.53 Å². The molecule has 0 radical (unpaired) electrons. The van der Waals surface area contributed by atoms with Crippen LogP contribution in [0.3, 0.4) is 0 Å². The zero-order chi connectivity index (χ0) is 12.0. The molecule has 0 aliphatic heterocycles. The number of carbonyl (C=O) groups excluding carboxylic acids is 1. The summed E-state index contributed by atoms with van der Waals surface area (Å²) in [7, 11) is 1.61. The van der Waals surface area contributed by atoms with Gasteiger partial charge in [-0.25, -0.2) is 0 Å². The first-order valence-corrected chi connectivity index (χ1v) is 6.16. The van der Waals surface area contributed by atoms with Crippen LogP contribution in [0.5, 0.6) is 0 Å². The van der Waals surface area contributed by atoms with Gasteiger partial charge in [0.15, 0.2) is 0 Å². The SMILES string of the molecule is COCCNC(=O)CCn1cc(I)c(C)n1. The summed E-state index contributed by atoms with van der Waals surface area (Å²) >= 11 is 2.23. The number of nitrogens with zero attached hydrogens (tertiary/aromatic N) is 2. The lowest BCUT2D eigenvalue weighted by molar-refractivity contribution is -0.121. The minimum absolute atomic E-state index is 0.0280. The van der Waals surface area contributed by atoms with Crippen LogP contribution >= 0.6 is 22.6 Å². The monoisotopic (exact) mass is 337 g/mol. The molecular formula is C10H16IN3O2. The Balaban J connectivity index is 2.26. The van der Waals surface area contributed by atoms with Crippen LogP contribution in [0, 0.1) is 10.5 Å². The van der Waals surface area contributed by atoms with Crippen molar-refractivity contribution in [3.8, 4) is 0 Å². The van der Waals surface area contributed by atoms with Crippen LogP contribution in [-0.4, -0.2) is 35.9 Å². The van der Waals surface area contributed by atoms with Gasteiger partial charge in [0.25, 0.3) is 0 Å². The molecule has 90 valence electrons. The average Bonchev–Trinajstić information content (AvgIpc) is 2.56. The summed E-state index contributed by atoms with van der Waals surface area (Å²) in [5, 5.41) is 7.05. The average molecular weight is 337 g/mol. The maximum absolute atomic E-state index is 11.4. The molecule has 0 fully saturated rings. The Morgan fingerprint density at radius 2 is 2.44 bits per heavy atom. The number of aryl methyl sites for hydroxylation is 2. The Kier molecular flexibility index (Phi) is 5.75. The summed E-state index contributed by atoms with van der Waals surface area (Å²) in [4.78, 5) is 11.4. The van der Waals surface area contributed by atoms with Gasteiger partial charge < -0.3 is 10.1 Å². The molecule has 0 atom stereocenters. The summed E-state index contributed by atoms with van der Waals surface area (Å²) in [5.41, 5.74) is 1.00. The predicted molar refractivity (Wildman–Crippen MR) is 69.2 cm³/mol. The number of methoxy groups -OCH3 is 1. The minimum Gasteiger partial charge on any atom is -0.383 e. The van der Waals surface area contributed by atoms with Gasteiger partial charge in [0.2, 0.25) is 5.91 Å². The van der Waals surface area contributed by atoms with E-state index in [4.69, 9.17) is 4.74 Å². The topological polar surface area (TPSA) is 56.1 Å². The number of amides is 1. The molecule has 0 aliphatic rings. The lowest BCUT2D eigenvalue weighted by Gasteiger charge is -2.04. The molecule has 1 aromatic heterocycles. The first-order valence-electron chi connectivity index (χ1n) is 5.08. The molecule has 1 aromatic rings. The van der Waals surface area contributed by atoms with Gasteiger partial charge >= 0.3 is 0 Å². The van der Waals surface area contributed by atoms with E-state index in [1.165, 1.54) is 0 Å². The third kappa shape index (κ3) is 4.48. The van der Waals surface area contributed by atoms with Gasteiger partial charge in [-0.15, -0.1) is 0 Å². The number of hydrogen-bond donors (Lipinski definition) is 1. The van der Waals surface area contributed by atoms with Crippen LogP contribution in [0.4, 0.5) is 0 Å². The lowest BCUT2D eigenvalue weighted by atomic mass is 10.4. The maximum atomic E-state index is 11.4. The summed E-state index contributed by atoms with van der Waals surface area (Å²) in [5.74, 6) is 0.0280. The van der Waals surface area contributed by atoms with Gasteiger partial charge in [-0.1, -0.05) is 0 Å². The van der Waals surface area contributed by atoms with E-state index in [9.17, 15) is 4.79 Å². The van der Waals surface area contributed by atoms with Crippen LogP contribution in [0.15, 0.2) is 6.20 Å². The fraction of sp³-hybridized carbons (Fsp3) is 0.600. The highest BCUT2D eigenvalue weighted by Crippen LogP contribution is 2.08. The Labute approximate surface area is 109 Å². The van der Waals surface area contributed by atoms with E-state index in [-0.39, 0.29) is 5.91 Å². The van der Waals surface area contributed by atoms with Gasteiger partial charge in [0.05, 0.1) is 15.9 Å². The second-order valence-corrected chi connectivity index (χ2v) is 4.58. The first kappa shape index (κ1) is 13.4. The summed E-state index contributed by atoms with van der Waals surface area (Å²) in [6, 6.07) is 0. The van der Waals surface area contributed by atoms with Crippen LogP contribution in [0.1, 0.15) is 12.1 Å². The number of ether oxygens (including phenoxy) is 1.